The molecule has 1 aromatic rings. The first-order chi connectivity index (χ1) is 11.7. The molecule has 2 aliphatic rings. The summed E-state index contributed by atoms with van der Waals surface area (Å²) in [6, 6.07) is 2.09. The highest BCUT2D eigenvalue weighted by atomic mass is 16.6. The molecule has 0 N–H and O–H groups in total. The second-order valence-corrected chi connectivity index (χ2v) is 7.65. The fourth-order valence-electron chi connectivity index (χ4n) is 3.20. The molecular weight excluding hydrogens is 322 g/mol. The van der Waals surface area contributed by atoms with Gasteiger partial charge in [0, 0.05) is 13.0 Å². The van der Waals surface area contributed by atoms with Gasteiger partial charge in [0.1, 0.15) is 5.60 Å². The van der Waals surface area contributed by atoms with Gasteiger partial charge in [0.15, 0.2) is 0 Å². The van der Waals surface area contributed by atoms with Gasteiger partial charge in [0.25, 0.3) is 0 Å². The molecule has 2 aliphatic heterocycles. The van der Waals surface area contributed by atoms with Crippen LogP contribution in [0, 0.1) is 17.2 Å². The summed E-state index contributed by atoms with van der Waals surface area (Å²) < 4.78 is 7.32. The summed E-state index contributed by atoms with van der Waals surface area (Å²) in [6.45, 7) is 8.68. The normalized spacial score (nSPS) is 23.4. The summed E-state index contributed by atoms with van der Waals surface area (Å²) in [6.07, 6.45) is 1.51. The van der Waals surface area contributed by atoms with Crippen LogP contribution in [0.4, 0.5) is 10.5 Å². The van der Waals surface area contributed by atoms with Crippen molar-refractivity contribution < 1.29 is 14.3 Å². The van der Waals surface area contributed by atoms with Gasteiger partial charge in [-0.3, -0.25) is 14.4 Å². The molecule has 0 radical (unpaired) electrons. The number of amides is 2. The maximum absolute atomic E-state index is 12.5. The number of nitrogens with zero attached hydrogens (tertiary/aromatic N) is 5. The summed E-state index contributed by atoms with van der Waals surface area (Å²) in [4.78, 5) is 28.0. The number of ether oxygens (including phenoxy) is 1. The molecule has 1 fully saturated rings. The van der Waals surface area contributed by atoms with Crippen molar-refractivity contribution in [2.24, 2.45) is 5.92 Å². The number of hydrogen-bond donors (Lipinski definition) is 0. The minimum absolute atomic E-state index is 0.0590. The third-order valence-electron chi connectivity index (χ3n) is 4.44. The molecule has 0 unspecified atom stereocenters. The van der Waals surface area contributed by atoms with Crippen LogP contribution in [-0.2, 0) is 22.6 Å². The predicted octanol–water partition coefficient (Wildman–Crippen LogP) is 1.90. The van der Waals surface area contributed by atoms with Crippen LogP contribution >= 0.6 is 0 Å². The van der Waals surface area contributed by atoms with Crippen molar-refractivity contribution in [1.82, 2.24) is 14.7 Å². The molecule has 25 heavy (non-hydrogen) atoms. The summed E-state index contributed by atoms with van der Waals surface area (Å²) in [5, 5.41) is 13.4. The van der Waals surface area contributed by atoms with E-state index in [9.17, 15) is 9.59 Å². The SMILES string of the molecule is C[C@H]1Cn2ncc(N3C[C@H](C#N)CC3=O)c2CN1C(=O)OC(C)(C)C. The lowest BCUT2D eigenvalue weighted by Gasteiger charge is -2.36. The number of carbonyl (C=O) groups is 2. The van der Waals surface area contributed by atoms with Crippen LogP contribution in [0.5, 0.6) is 0 Å². The summed E-state index contributed by atoms with van der Waals surface area (Å²) in [7, 11) is 0. The van der Waals surface area contributed by atoms with Crippen LogP contribution in [0.25, 0.3) is 0 Å². The van der Waals surface area contributed by atoms with E-state index in [-0.39, 0.29) is 30.4 Å². The molecule has 134 valence electrons. The van der Waals surface area contributed by atoms with E-state index in [1.807, 2.05) is 32.4 Å². The van der Waals surface area contributed by atoms with Crippen molar-refractivity contribution >= 4 is 17.7 Å². The Morgan fingerprint density at radius 1 is 1.40 bits per heavy atom. The Balaban J connectivity index is 1.85. The quantitative estimate of drug-likeness (QED) is 0.775. The zero-order valence-corrected chi connectivity index (χ0v) is 15.0. The lowest BCUT2D eigenvalue weighted by atomic mass is 10.1. The molecule has 3 rings (SSSR count). The maximum Gasteiger partial charge on any atom is 0.410 e. The Hall–Kier alpha value is -2.56. The summed E-state index contributed by atoms with van der Waals surface area (Å²) in [5.74, 6) is -0.377. The van der Waals surface area contributed by atoms with Gasteiger partial charge in [0.05, 0.1) is 48.7 Å². The van der Waals surface area contributed by atoms with E-state index in [2.05, 4.69) is 11.2 Å². The average Bonchev–Trinajstić information content (AvgIpc) is 3.07. The van der Waals surface area contributed by atoms with E-state index in [1.54, 1.807) is 16.0 Å². The molecule has 2 amide bonds. The van der Waals surface area contributed by atoms with Crippen molar-refractivity contribution in [2.75, 3.05) is 11.4 Å². The number of carbonyl (C=O) groups excluding carboxylic acids is 2. The first kappa shape index (κ1) is 17.3. The third kappa shape index (κ3) is 3.31. The molecule has 0 aromatic carbocycles. The Bertz CT molecular complexity index is 742. The van der Waals surface area contributed by atoms with Crippen LogP contribution in [0.15, 0.2) is 6.20 Å². The standard InChI is InChI=1S/C17H23N5O3/c1-11-8-22-14(10-20(11)16(24)25-17(2,3)4)13(7-19-22)21-9-12(6-18)5-15(21)23/h7,11-12H,5,8-10H2,1-4H3/t11-,12-/m0/s1. The van der Waals surface area contributed by atoms with Crippen LogP contribution in [0.3, 0.4) is 0 Å². The zero-order valence-electron chi connectivity index (χ0n) is 15.0. The van der Waals surface area contributed by atoms with Gasteiger partial charge >= 0.3 is 6.09 Å². The second kappa shape index (κ2) is 6.06. The van der Waals surface area contributed by atoms with E-state index < -0.39 is 5.60 Å². The Morgan fingerprint density at radius 3 is 2.72 bits per heavy atom. The van der Waals surface area contributed by atoms with Gasteiger partial charge in [-0.2, -0.15) is 10.4 Å². The predicted molar refractivity (Wildman–Crippen MR) is 89.5 cm³/mol. The molecular formula is C17H23N5O3. The van der Waals surface area contributed by atoms with E-state index in [0.29, 0.717) is 25.3 Å². The second-order valence-electron chi connectivity index (χ2n) is 7.65. The molecule has 8 nitrogen and oxygen atoms in total. The van der Waals surface area contributed by atoms with E-state index in [1.165, 1.54) is 0 Å². The highest BCUT2D eigenvalue weighted by Crippen LogP contribution is 2.31. The lowest BCUT2D eigenvalue weighted by molar-refractivity contribution is -0.117. The minimum Gasteiger partial charge on any atom is -0.444 e. The van der Waals surface area contributed by atoms with Crippen molar-refractivity contribution in [1.29, 1.82) is 5.26 Å². The molecule has 0 aliphatic carbocycles. The van der Waals surface area contributed by atoms with Crippen molar-refractivity contribution in [3.8, 4) is 6.07 Å². The highest BCUT2D eigenvalue weighted by molar-refractivity contribution is 5.96. The third-order valence-corrected chi connectivity index (χ3v) is 4.44. The minimum atomic E-state index is -0.567. The highest BCUT2D eigenvalue weighted by Gasteiger charge is 2.37. The van der Waals surface area contributed by atoms with Gasteiger partial charge in [-0.1, -0.05) is 0 Å². The van der Waals surface area contributed by atoms with Gasteiger partial charge in [-0.15, -0.1) is 0 Å². The van der Waals surface area contributed by atoms with E-state index in [0.717, 1.165) is 5.69 Å². The van der Waals surface area contributed by atoms with Crippen molar-refractivity contribution in [2.45, 2.75) is 58.8 Å². The molecule has 0 spiro atoms. The monoisotopic (exact) mass is 345 g/mol. The Morgan fingerprint density at radius 2 is 2.12 bits per heavy atom. The molecule has 0 saturated carbocycles. The largest absolute Gasteiger partial charge is 0.444 e. The maximum atomic E-state index is 12.5. The first-order valence-electron chi connectivity index (χ1n) is 8.44. The topological polar surface area (TPSA) is 91.5 Å². The molecule has 0 bridgehead atoms. The van der Waals surface area contributed by atoms with Gasteiger partial charge in [-0.05, 0) is 27.7 Å². The zero-order chi connectivity index (χ0) is 18.4. The number of nitriles is 1. The van der Waals surface area contributed by atoms with Crippen LogP contribution in [0.1, 0.15) is 39.8 Å². The number of fused-ring (bicyclic) bond motifs is 1. The van der Waals surface area contributed by atoms with E-state index in [4.69, 9.17) is 10.00 Å². The van der Waals surface area contributed by atoms with Gasteiger partial charge < -0.3 is 9.64 Å². The fraction of sp³-hybridized carbons (Fsp3) is 0.647. The van der Waals surface area contributed by atoms with Crippen LogP contribution in [-0.4, -0.2) is 44.9 Å². The molecule has 1 aromatic heterocycles. The first-order valence-corrected chi connectivity index (χ1v) is 8.44. The number of hydrogen-bond acceptors (Lipinski definition) is 5. The van der Waals surface area contributed by atoms with Crippen LogP contribution in [0.2, 0.25) is 0 Å². The van der Waals surface area contributed by atoms with Crippen molar-refractivity contribution in [3.63, 3.8) is 0 Å². The summed E-state index contributed by atoms with van der Waals surface area (Å²) >= 11 is 0. The molecule has 3 heterocycles. The van der Waals surface area contributed by atoms with Gasteiger partial charge in [0.2, 0.25) is 5.91 Å². The summed E-state index contributed by atoms with van der Waals surface area (Å²) in [5.41, 5.74) is 0.918. The smallest absolute Gasteiger partial charge is 0.410 e. The number of aromatic nitrogens is 2. The van der Waals surface area contributed by atoms with E-state index >= 15 is 0 Å². The Kier molecular flexibility index (Phi) is 4.19. The van der Waals surface area contributed by atoms with Crippen molar-refractivity contribution in [3.05, 3.63) is 11.9 Å². The Labute approximate surface area is 146 Å². The fourth-order valence-corrected chi connectivity index (χ4v) is 3.20. The van der Waals surface area contributed by atoms with Crippen LogP contribution < -0.4 is 4.90 Å². The number of anilines is 1. The van der Waals surface area contributed by atoms with Gasteiger partial charge in [-0.25, -0.2) is 4.79 Å². The molecule has 8 heteroatoms. The lowest BCUT2D eigenvalue weighted by Crippen LogP contribution is -2.47. The average molecular weight is 345 g/mol. The molecule has 2 atom stereocenters. The number of rotatable bonds is 1. The molecule has 1 saturated heterocycles.